The second-order valence-electron chi connectivity index (χ2n) is 5.43. The van der Waals surface area contributed by atoms with Gasteiger partial charge in [-0.3, -0.25) is 0 Å². The molecule has 2 aromatic rings. The molecule has 0 spiro atoms. The molecule has 0 unspecified atom stereocenters. The van der Waals surface area contributed by atoms with E-state index < -0.39 is 10.0 Å². The molecule has 7 nitrogen and oxygen atoms in total. The number of ether oxygens (including phenoxy) is 1. The van der Waals surface area contributed by atoms with Gasteiger partial charge in [-0.05, 0) is 36.2 Å². The van der Waals surface area contributed by atoms with Crippen LogP contribution in [0.25, 0.3) is 0 Å². The molecule has 26 heavy (non-hydrogen) atoms. The lowest BCUT2D eigenvalue weighted by Crippen LogP contribution is -2.38. The Hall–Kier alpha value is -2.65. The lowest BCUT2D eigenvalue weighted by atomic mass is 10.1. The van der Waals surface area contributed by atoms with Crippen LogP contribution >= 0.6 is 0 Å². The highest BCUT2D eigenvalue weighted by molar-refractivity contribution is 7.89. The number of carbonyl (C=O) groups excluding carboxylic acids is 1. The van der Waals surface area contributed by atoms with Crippen molar-refractivity contribution in [2.45, 2.75) is 11.3 Å². The fourth-order valence-electron chi connectivity index (χ4n) is 2.12. The third-order valence-corrected chi connectivity index (χ3v) is 4.33. The predicted octanol–water partition coefficient (Wildman–Crippen LogP) is 1.39. The Morgan fingerprint density at radius 3 is 2.42 bits per heavy atom. The molecule has 0 aromatic heterocycles. The number of carbonyl (C=O) groups is 1. The van der Waals surface area contributed by atoms with Crippen LogP contribution in [0.3, 0.4) is 0 Å². The van der Waals surface area contributed by atoms with E-state index in [4.69, 9.17) is 9.88 Å². The summed E-state index contributed by atoms with van der Waals surface area (Å²) in [6, 6.07) is 11.5. The predicted molar refractivity (Wildman–Crippen MR) is 94.8 cm³/mol. The number of halogens is 1. The number of rotatable bonds is 8. The smallest absolute Gasteiger partial charge is 0.314 e. The first-order chi connectivity index (χ1) is 12.3. The van der Waals surface area contributed by atoms with Crippen molar-refractivity contribution in [1.29, 1.82) is 0 Å². The molecule has 0 bridgehead atoms. The van der Waals surface area contributed by atoms with Crippen molar-refractivity contribution in [3.8, 4) is 5.75 Å². The fraction of sp³-hybridized carbons (Fsp3) is 0.235. The van der Waals surface area contributed by atoms with E-state index in [9.17, 15) is 17.6 Å². The fourth-order valence-corrected chi connectivity index (χ4v) is 2.63. The van der Waals surface area contributed by atoms with Gasteiger partial charge in [0.2, 0.25) is 10.0 Å². The van der Waals surface area contributed by atoms with Crippen LogP contribution in [0.4, 0.5) is 9.18 Å². The second-order valence-corrected chi connectivity index (χ2v) is 6.99. The van der Waals surface area contributed by atoms with Gasteiger partial charge in [-0.15, -0.1) is 0 Å². The molecule has 2 amide bonds. The summed E-state index contributed by atoms with van der Waals surface area (Å²) in [5, 5.41) is 10.3. The topological polar surface area (TPSA) is 111 Å². The van der Waals surface area contributed by atoms with E-state index >= 15 is 0 Å². The van der Waals surface area contributed by atoms with E-state index in [1.807, 2.05) is 0 Å². The Bertz CT molecular complexity index is 841. The SMILES string of the molecule is NS(=O)(=O)c1ccc(CCNC(=O)NCCOc2cccc(F)c2)cc1. The summed E-state index contributed by atoms with van der Waals surface area (Å²) in [7, 11) is -3.70. The van der Waals surface area contributed by atoms with E-state index in [0.29, 0.717) is 18.7 Å². The average molecular weight is 381 g/mol. The number of amides is 2. The molecular weight excluding hydrogens is 361 g/mol. The minimum atomic E-state index is -3.70. The Balaban J connectivity index is 1.63. The lowest BCUT2D eigenvalue weighted by molar-refractivity contribution is 0.236. The highest BCUT2D eigenvalue weighted by Gasteiger charge is 2.07. The lowest BCUT2D eigenvalue weighted by Gasteiger charge is -2.09. The highest BCUT2D eigenvalue weighted by Crippen LogP contribution is 2.11. The van der Waals surface area contributed by atoms with Gasteiger partial charge in [-0.25, -0.2) is 22.7 Å². The number of nitrogens with one attached hydrogen (secondary N) is 2. The molecule has 0 aliphatic rings. The van der Waals surface area contributed by atoms with Gasteiger partial charge in [-0.1, -0.05) is 18.2 Å². The molecule has 0 aliphatic heterocycles. The largest absolute Gasteiger partial charge is 0.492 e. The normalized spacial score (nSPS) is 11.0. The van der Waals surface area contributed by atoms with Crippen molar-refractivity contribution in [3.05, 3.63) is 59.9 Å². The monoisotopic (exact) mass is 381 g/mol. The molecular formula is C17H20FN3O4S. The summed E-state index contributed by atoms with van der Waals surface area (Å²) < 4.78 is 40.6. The highest BCUT2D eigenvalue weighted by atomic mass is 32.2. The average Bonchev–Trinajstić information content (AvgIpc) is 2.58. The molecule has 0 fully saturated rings. The van der Waals surface area contributed by atoms with E-state index in [1.165, 1.54) is 24.3 Å². The molecule has 0 aliphatic carbocycles. The van der Waals surface area contributed by atoms with Gasteiger partial charge in [0.1, 0.15) is 18.2 Å². The quantitative estimate of drug-likeness (QED) is 0.600. The molecule has 0 saturated heterocycles. The van der Waals surface area contributed by atoms with Crippen molar-refractivity contribution in [1.82, 2.24) is 10.6 Å². The first kappa shape index (κ1) is 19.7. The molecule has 140 valence electrons. The van der Waals surface area contributed by atoms with Crippen LogP contribution in [-0.4, -0.2) is 34.1 Å². The maximum Gasteiger partial charge on any atom is 0.314 e. The maximum absolute atomic E-state index is 13.0. The second kappa shape index (κ2) is 9.16. The van der Waals surface area contributed by atoms with Crippen molar-refractivity contribution in [2.24, 2.45) is 5.14 Å². The van der Waals surface area contributed by atoms with Gasteiger partial charge < -0.3 is 15.4 Å². The van der Waals surface area contributed by atoms with Gasteiger partial charge in [0.15, 0.2) is 0 Å². The Morgan fingerprint density at radius 1 is 1.08 bits per heavy atom. The Kier molecular flexibility index (Phi) is 6.93. The molecule has 9 heteroatoms. The zero-order valence-electron chi connectivity index (χ0n) is 13.9. The van der Waals surface area contributed by atoms with Crippen LogP contribution < -0.4 is 20.5 Å². The minimum absolute atomic E-state index is 0.0465. The summed E-state index contributed by atoms with van der Waals surface area (Å²) in [4.78, 5) is 11.7. The molecule has 2 rings (SSSR count). The molecule has 0 heterocycles. The van der Waals surface area contributed by atoms with Crippen molar-refractivity contribution >= 4 is 16.1 Å². The van der Waals surface area contributed by atoms with Gasteiger partial charge in [0.05, 0.1) is 11.4 Å². The summed E-state index contributed by atoms with van der Waals surface area (Å²) in [5.74, 6) is 0.0143. The zero-order valence-corrected chi connectivity index (χ0v) is 14.8. The van der Waals surface area contributed by atoms with Crippen LogP contribution in [0.1, 0.15) is 5.56 Å². The van der Waals surface area contributed by atoms with E-state index in [-0.39, 0.29) is 29.9 Å². The molecule has 0 saturated carbocycles. The van der Waals surface area contributed by atoms with Crippen LogP contribution in [0.15, 0.2) is 53.4 Å². The van der Waals surface area contributed by atoms with Gasteiger partial charge in [0, 0.05) is 12.6 Å². The number of hydrogen-bond donors (Lipinski definition) is 3. The van der Waals surface area contributed by atoms with Gasteiger partial charge >= 0.3 is 6.03 Å². The third kappa shape index (κ3) is 6.69. The van der Waals surface area contributed by atoms with Crippen molar-refractivity contribution < 1.29 is 22.3 Å². The van der Waals surface area contributed by atoms with Crippen LogP contribution in [0, 0.1) is 5.82 Å². The van der Waals surface area contributed by atoms with E-state index in [1.54, 1.807) is 24.3 Å². The third-order valence-electron chi connectivity index (χ3n) is 3.40. The number of hydrogen-bond acceptors (Lipinski definition) is 4. The minimum Gasteiger partial charge on any atom is -0.492 e. The Labute approximate surface area is 151 Å². The number of nitrogens with two attached hydrogens (primary N) is 1. The van der Waals surface area contributed by atoms with E-state index in [2.05, 4.69) is 10.6 Å². The Morgan fingerprint density at radius 2 is 1.77 bits per heavy atom. The molecule has 0 atom stereocenters. The van der Waals surface area contributed by atoms with Crippen molar-refractivity contribution in [3.63, 3.8) is 0 Å². The summed E-state index contributed by atoms with van der Waals surface area (Å²) in [5.41, 5.74) is 0.868. The maximum atomic E-state index is 13.0. The summed E-state index contributed by atoms with van der Waals surface area (Å²) in [6.45, 7) is 0.864. The van der Waals surface area contributed by atoms with Crippen molar-refractivity contribution in [2.75, 3.05) is 19.7 Å². The van der Waals surface area contributed by atoms with Gasteiger partial charge in [-0.2, -0.15) is 0 Å². The number of benzene rings is 2. The summed E-state index contributed by atoms with van der Waals surface area (Å²) in [6.07, 6.45) is 0.540. The van der Waals surface area contributed by atoms with Crippen LogP contribution in [0.5, 0.6) is 5.75 Å². The van der Waals surface area contributed by atoms with Gasteiger partial charge in [0.25, 0.3) is 0 Å². The van der Waals surface area contributed by atoms with Crippen LogP contribution in [-0.2, 0) is 16.4 Å². The number of sulfonamides is 1. The molecule has 4 N–H and O–H groups in total. The molecule has 0 radical (unpaired) electrons. The first-order valence-electron chi connectivity index (χ1n) is 7.86. The standard InChI is InChI=1S/C17H20FN3O4S/c18-14-2-1-3-15(12-14)25-11-10-21-17(22)20-9-8-13-4-6-16(7-5-13)26(19,23)24/h1-7,12H,8-11H2,(H2,19,23,24)(H2,20,21,22). The van der Waals surface area contributed by atoms with E-state index in [0.717, 1.165) is 5.56 Å². The summed E-state index contributed by atoms with van der Waals surface area (Å²) >= 11 is 0. The number of urea groups is 1. The van der Waals surface area contributed by atoms with Crippen LogP contribution in [0.2, 0.25) is 0 Å². The zero-order chi connectivity index (χ0) is 19.0. The number of primary sulfonamides is 1. The first-order valence-corrected chi connectivity index (χ1v) is 9.41. The molecule has 2 aromatic carbocycles.